The smallest absolute Gasteiger partial charge is 0.373 e. The molecule has 0 spiro atoms. The van der Waals surface area contributed by atoms with E-state index in [1.54, 1.807) is 12.1 Å². The summed E-state index contributed by atoms with van der Waals surface area (Å²) in [6, 6.07) is 8.97. The summed E-state index contributed by atoms with van der Waals surface area (Å²) in [5.74, 6) is 0.294. The van der Waals surface area contributed by atoms with Crippen molar-refractivity contribution in [2.24, 2.45) is 5.73 Å². The minimum Gasteiger partial charge on any atom is -0.444 e. The first-order valence-corrected chi connectivity index (χ1v) is 7.82. The van der Waals surface area contributed by atoms with Crippen molar-refractivity contribution in [3.05, 3.63) is 47.7 Å². The molecule has 1 heterocycles. The number of halogens is 2. The molecule has 0 aliphatic heterocycles. The highest BCUT2D eigenvalue weighted by Gasteiger charge is 2.22. The lowest BCUT2D eigenvalue weighted by Gasteiger charge is -2.05. The maximum Gasteiger partial charge on any atom is 0.373 e. The zero-order chi connectivity index (χ0) is 14.8. The van der Waals surface area contributed by atoms with Crippen molar-refractivity contribution in [2.45, 2.75) is 16.5 Å². The van der Waals surface area contributed by atoms with Crippen molar-refractivity contribution in [3.63, 3.8) is 0 Å². The Hall–Kier alpha value is -1.21. The molecule has 1 aromatic carbocycles. The fourth-order valence-corrected chi connectivity index (χ4v) is 2.55. The third kappa shape index (κ3) is 3.46. The summed E-state index contributed by atoms with van der Waals surface area (Å²) < 4.78 is 33.9. The van der Waals surface area contributed by atoms with E-state index in [2.05, 4.69) is 0 Å². The molecule has 0 fully saturated rings. The van der Waals surface area contributed by atoms with Gasteiger partial charge in [0, 0.05) is 6.54 Å². The first-order valence-electron chi connectivity index (χ1n) is 5.54. The van der Waals surface area contributed by atoms with Gasteiger partial charge in [0.05, 0.1) is 0 Å². The molecule has 0 aliphatic carbocycles. The van der Waals surface area contributed by atoms with Gasteiger partial charge in [-0.3, -0.25) is 0 Å². The van der Waals surface area contributed by atoms with E-state index in [9.17, 15) is 8.42 Å². The number of nitrogens with two attached hydrogens (primary N) is 1. The Morgan fingerprint density at radius 3 is 2.30 bits per heavy atom. The van der Waals surface area contributed by atoms with Gasteiger partial charge in [-0.1, -0.05) is 35.3 Å². The highest BCUT2D eigenvalue weighted by Crippen LogP contribution is 2.29. The number of alkyl halides is 2. The molecule has 0 saturated heterocycles. The van der Waals surface area contributed by atoms with E-state index >= 15 is 0 Å². The molecule has 0 bridgehead atoms. The molecule has 2 rings (SSSR count). The molecule has 1 aromatic heterocycles. The third-order valence-electron chi connectivity index (χ3n) is 2.43. The number of benzene rings is 1. The fraction of sp³-hybridized carbons (Fsp3) is 0.167. The van der Waals surface area contributed by atoms with Crippen molar-refractivity contribution in [1.29, 1.82) is 0 Å². The minimum absolute atomic E-state index is 0.133. The molecular formula is C12H11Cl2NO4S. The molecule has 0 unspecified atom stereocenters. The molecule has 8 heteroatoms. The van der Waals surface area contributed by atoms with Crippen molar-refractivity contribution >= 4 is 33.3 Å². The first-order chi connectivity index (χ1) is 9.42. The molecular weight excluding hydrogens is 325 g/mol. The van der Waals surface area contributed by atoms with Gasteiger partial charge in [-0.2, -0.15) is 8.42 Å². The van der Waals surface area contributed by atoms with Crippen LogP contribution in [0.5, 0.6) is 5.75 Å². The van der Waals surface area contributed by atoms with Crippen LogP contribution in [0.4, 0.5) is 0 Å². The fourth-order valence-electron chi connectivity index (χ4n) is 1.43. The van der Waals surface area contributed by atoms with Crippen LogP contribution in [0.1, 0.15) is 16.2 Å². The lowest BCUT2D eigenvalue weighted by atomic mass is 10.2. The van der Waals surface area contributed by atoms with Crippen molar-refractivity contribution in [3.8, 4) is 5.75 Å². The number of rotatable bonds is 5. The molecule has 20 heavy (non-hydrogen) atoms. The van der Waals surface area contributed by atoms with Crippen LogP contribution in [-0.4, -0.2) is 8.42 Å². The highest BCUT2D eigenvalue weighted by atomic mass is 35.5. The van der Waals surface area contributed by atoms with E-state index < -0.39 is 15.0 Å². The molecule has 5 nitrogen and oxygen atoms in total. The summed E-state index contributed by atoms with van der Waals surface area (Å²) in [5, 5.41) is -0.360. The molecule has 0 aliphatic rings. The van der Waals surface area contributed by atoms with Gasteiger partial charge in [-0.05, 0) is 29.8 Å². The third-order valence-corrected chi connectivity index (χ3v) is 3.98. The number of hydrogen-bond donors (Lipinski definition) is 1. The van der Waals surface area contributed by atoms with Crippen LogP contribution in [0.15, 0.2) is 45.9 Å². The van der Waals surface area contributed by atoms with Gasteiger partial charge in [0.15, 0.2) is 4.84 Å². The van der Waals surface area contributed by atoms with Gasteiger partial charge in [-0.15, -0.1) is 0 Å². The first kappa shape index (κ1) is 15.2. The Labute approximate surface area is 126 Å². The quantitative estimate of drug-likeness (QED) is 0.670. The average Bonchev–Trinajstić information content (AvgIpc) is 2.90. The summed E-state index contributed by atoms with van der Waals surface area (Å²) in [5.41, 5.74) is 6.31. The van der Waals surface area contributed by atoms with Gasteiger partial charge in [0.25, 0.3) is 5.09 Å². The largest absolute Gasteiger partial charge is 0.444 e. The Balaban J connectivity index is 2.21. The van der Waals surface area contributed by atoms with Crippen LogP contribution in [0, 0.1) is 0 Å². The molecule has 2 aromatic rings. The molecule has 0 atom stereocenters. The van der Waals surface area contributed by atoms with Crippen molar-refractivity contribution < 1.29 is 17.0 Å². The SMILES string of the molecule is NCc1ccc(OS(=O)(=O)c2ccc(C(Cl)Cl)o2)cc1. The van der Waals surface area contributed by atoms with Gasteiger partial charge < -0.3 is 14.3 Å². The van der Waals surface area contributed by atoms with Crippen LogP contribution < -0.4 is 9.92 Å². The summed E-state index contributed by atoms with van der Waals surface area (Å²) in [6.07, 6.45) is 0. The van der Waals surface area contributed by atoms with Crippen LogP contribution >= 0.6 is 23.2 Å². The Morgan fingerprint density at radius 2 is 1.80 bits per heavy atom. The molecule has 0 saturated carbocycles. The lowest BCUT2D eigenvalue weighted by Crippen LogP contribution is -2.08. The topological polar surface area (TPSA) is 82.5 Å². The second-order valence-corrected chi connectivity index (χ2v) is 6.42. The van der Waals surface area contributed by atoms with Crippen LogP contribution in [-0.2, 0) is 16.7 Å². The molecule has 0 radical (unpaired) electrons. The van der Waals surface area contributed by atoms with E-state index in [1.807, 2.05) is 0 Å². The summed E-state index contributed by atoms with van der Waals surface area (Å²) in [4.78, 5) is -0.942. The monoisotopic (exact) mass is 335 g/mol. The maximum atomic E-state index is 12.0. The molecule has 2 N–H and O–H groups in total. The Bertz CT molecular complexity index is 680. The zero-order valence-electron chi connectivity index (χ0n) is 10.1. The van der Waals surface area contributed by atoms with Gasteiger partial charge in [-0.25, -0.2) is 0 Å². The Morgan fingerprint density at radius 1 is 1.15 bits per heavy atom. The summed E-state index contributed by atoms with van der Waals surface area (Å²) in [7, 11) is -4.06. The Kier molecular flexibility index (Phi) is 4.59. The number of furan rings is 1. The van der Waals surface area contributed by atoms with Gasteiger partial charge in [0.2, 0.25) is 0 Å². The predicted molar refractivity (Wildman–Crippen MR) is 75.3 cm³/mol. The zero-order valence-corrected chi connectivity index (χ0v) is 12.5. The van der Waals surface area contributed by atoms with E-state index in [-0.39, 0.29) is 16.6 Å². The average molecular weight is 336 g/mol. The normalized spacial score (nSPS) is 11.8. The van der Waals surface area contributed by atoms with Crippen LogP contribution in [0.3, 0.4) is 0 Å². The number of hydrogen-bond acceptors (Lipinski definition) is 5. The van der Waals surface area contributed by atoms with E-state index in [0.717, 1.165) is 5.56 Å². The second-order valence-electron chi connectivity index (χ2n) is 3.84. The highest BCUT2D eigenvalue weighted by molar-refractivity contribution is 7.87. The summed E-state index contributed by atoms with van der Waals surface area (Å²) in [6.45, 7) is 0.363. The predicted octanol–water partition coefficient (Wildman–Crippen LogP) is 2.98. The standard InChI is InChI=1S/C12H11Cl2NO4S/c13-12(14)10-5-6-11(18-10)20(16,17)19-9-3-1-8(7-15)2-4-9/h1-6,12H,7,15H2. The van der Waals surface area contributed by atoms with Gasteiger partial charge in [0.1, 0.15) is 11.5 Å². The maximum absolute atomic E-state index is 12.0. The van der Waals surface area contributed by atoms with Crippen LogP contribution in [0.2, 0.25) is 0 Å². The minimum atomic E-state index is -4.06. The molecule has 108 valence electrons. The van der Waals surface area contributed by atoms with E-state index in [0.29, 0.717) is 6.54 Å². The second kappa shape index (κ2) is 6.05. The van der Waals surface area contributed by atoms with E-state index in [4.69, 9.17) is 37.5 Å². The van der Waals surface area contributed by atoms with Gasteiger partial charge >= 0.3 is 10.1 Å². The van der Waals surface area contributed by atoms with Crippen molar-refractivity contribution in [2.75, 3.05) is 0 Å². The summed E-state index contributed by atoms with van der Waals surface area (Å²) >= 11 is 11.2. The molecule has 0 amide bonds. The lowest BCUT2D eigenvalue weighted by molar-refractivity contribution is 0.393. The van der Waals surface area contributed by atoms with Crippen LogP contribution in [0.25, 0.3) is 0 Å². The van der Waals surface area contributed by atoms with Crippen molar-refractivity contribution in [1.82, 2.24) is 0 Å². The van der Waals surface area contributed by atoms with E-state index in [1.165, 1.54) is 24.3 Å².